The summed E-state index contributed by atoms with van der Waals surface area (Å²) in [6.07, 6.45) is -0.988. The van der Waals surface area contributed by atoms with Crippen LogP contribution in [0, 0.1) is 11.7 Å². The van der Waals surface area contributed by atoms with E-state index in [9.17, 15) is 18.8 Å². The van der Waals surface area contributed by atoms with Gasteiger partial charge in [0, 0.05) is 6.54 Å². The molecule has 1 aromatic carbocycles. The molecule has 0 heterocycles. The van der Waals surface area contributed by atoms with Gasteiger partial charge in [-0.25, -0.2) is 14.0 Å². The maximum absolute atomic E-state index is 12.8. The van der Waals surface area contributed by atoms with Gasteiger partial charge in [-0.2, -0.15) is 0 Å². The summed E-state index contributed by atoms with van der Waals surface area (Å²) < 4.78 is 22.8. The van der Waals surface area contributed by atoms with Gasteiger partial charge >= 0.3 is 12.0 Å². The molecular formula is C16H21FN2O5. The fourth-order valence-corrected chi connectivity index (χ4v) is 1.52. The van der Waals surface area contributed by atoms with Gasteiger partial charge in [0.05, 0.1) is 0 Å². The molecule has 0 aliphatic heterocycles. The van der Waals surface area contributed by atoms with E-state index in [2.05, 4.69) is 5.32 Å². The molecule has 8 heteroatoms. The second-order valence-electron chi connectivity index (χ2n) is 5.47. The number of benzene rings is 1. The van der Waals surface area contributed by atoms with Crippen LogP contribution in [0.5, 0.6) is 5.75 Å². The monoisotopic (exact) mass is 340 g/mol. The van der Waals surface area contributed by atoms with E-state index in [1.165, 1.54) is 31.2 Å². The van der Waals surface area contributed by atoms with Crippen molar-refractivity contribution in [3.8, 4) is 5.75 Å². The third-order valence-corrected chi connectivity index (χ3v) is 2.73. The van der Waals surface area contributed by atoms with Crippen molar-refractivity contribution in [3.05, 3.63) is 30.1 Å². The standard InChI is InChI=1S/C16H21FN2O5/c1-10(2)8-18-16(22)19-14(20)9-23-15(21)11(3)24-13-6-4-12(17)5-7-13/h4-7,10-11H,8-9H2,1-3H3,(H2,18,19,20,22)/t11-/m1/s1. The molecule has 0 unspecified atom stereocenters. The average Bonchev–Trinajstić information content (AvgIpc) is 2.52. The molecule has 0 aliphatic rings. The highest BCUT2D eigenvalue weighted by molar-refractivity contribution is 5.95. The fourth-order valence-electron chi connectivity index (χ4n) is 1.52. The van der Waals surface area contributed by atoms with Crippen molar-refractivity contribution < 1.29 is 28.2 Å². The van der Waals surface area contributed by atoms with Crippen LogP contribution in [0.25, 0.3) is 0 Å². The van der Waals surface area contributed by atoms with Crippen molar-refractivity contribution in [2.75, 3.05) is 13.2 Å². The molecule has 132 valence electrons. The number of amides is 3. The normalized spacial score (nSPS) is 11.5. The Hall–Kier alpha value is -2.64. The number of ether oxygens (including phenoxy) is 2. The second kappa shape index (κ2) is 9.49. The van der Waals surface area contributed by atoms with E-state index in [1.54, 1.807) is 0 Å². The Kier molecular flexibility index (Phi) is 7.67. The van der Waals surface area contributed by atoms with Crippen LogP contribution in [0.1, 0.15) is 20.8 Å². The lowest BCUT2D eigenvalue weighted by Crippen LogP contribution is -2.43. The van der Waals surface area contributed by atoms with E-state index >= 15 is 0 Å². The predicted octanol–water partition coefficient (Wildman–Crippen LogP) is 1.62. The Morgan fingerprint density at radius 3 is 2.33 bits per heavy atom. The van der Waals surface area contributed by atoms with Crippen molar-refractivity contribution in [2.45, 2.75) is 26.9 Å². The van der Waals surface area contributed by atoms with Crippen LogP contribution in [-0.4, -0.2) is 37.2 Å². The Bertz CT molecular complexity index is 574. The highest BCUT2D eigenvalue weighted by Gasteiger charge is 2.18. The Balaban J connectivity index is 2.32. The van der Waals surface area contributed by atoms with Gasteiger partial charge < -0.3 is 14.8 Å². The number of esters is 1. The van der Waals surface area contributed by atoms with E-state index in [-0.39, 0.29) is 5.92 Å². The molecule has 0 aromatic heterocycles. The smallest absolute Gasteiger partial charge is 0.347 e. The van der Waals surface area contributed by atoms with Crippen LogP contribution < -0.4 is 15.4 Å². The number of rotatable bonds is 7. The van der Waals surface area contributed by atoms with Crippen LogP contribution >= 0.6 is 0 Å². The SMILES string of the molecule is CC(C)CNC(=O)NC(=O)COC(=O)[C@@H](C)Oc1ccc(F)cc1. The molecule has 0 spiro atoms. The van der Waals surface area contributed by atoms with Crippen molar-refractivity contribution in [1.82, 2.24) is 10.6 Å². The van der Waals surface area contributed by atoms with Gasteiger partial charge in [0.25, 0.3) is 5.91 Å². The first-order chi connectivity index (χ1) is 11.3. The average molecular weight is 340 g/mol. The van der Waals surface area contributed by atoms with Gasteiger partial charge in [-0.1, -0.05) is 13.8 Å². The lowest BCUT2D eigenvalue weighted by atomic mass is 10.2. The van der Waals surface area contributed by atoms with Crippen LogP contribution in [0.4, 0.5) is 9.18 Å². The van der Waals surface area contributed by atoms with E-state index in [0.717, 1.165) is 0 Å². The molecule has 1 rings (SSSR count). The van der Waals surface area contributed by atoms with Crippen LogP contribution in [0.3, 0.4) is 0 Å². The molecule has 0 bridgehead atoms. The first kappa shape index (κ1) is 19.4. The summed E-state index contributed by atoms with van der Waals surface area (Å²) in [5, 5.41) is 4.53. The van der Waals surface area contributed by atoms with Crippen LogP contribution in [0.2, 0.25) is 0 Å². The summed E-state index contributed by atoms with van der Waals surface area (Å²) in [4.78, 5) is 34.6. The molecule has 0 fully saturated rings. The summed E-state index contributed by atoms with van der Waals surface area (Å²) in [6, 6.07) is 4.46. The Labute approximate surface area is 139 Å². The largest absolute Gasteiger partial charge is 0.479 e. The molecule has 1 atom stereocenters. The quantitative estimate of drug-likeness (QED) is 0.736. The first-order valence-corrected chi connectivity index (χ1v) is 7.44. The Morgan fingerprint density at radius 1 is 1.12 bits per heavy atom. The van der Waals surface area contributed by atoms with Crippen molar-refractivity contribution >= 4 is 17.9 Å². The van der Waals surface area contributed by atoms with E-state index in [1.807, 2.05) is 19.2 Å². The topological polar surface area (TPSA) is 93.7 Å². The molecule has 0 saturated heterocycles. The third-order valence-electron chi connectivity index (χ3n) is 2.73. The van der Waals surface area contributed by atoms with Gasteiger partial charge in [0.2, 0.25) is 0 Å². The highest BCUT2D eigenvalue weighted by Crippen LogP contribution is 2.13. The number of nitrogens with one attached hydrogen (secondary N) is 2. The van der Waals surface area contributed by atoms with Gasteiger partial charge in [-0.05, 0) is 37.1 Å². The number of carbonyl (C=O) groups excluding carboxylic acids is 3. The lowest BCUT2D eigenvalue weighted by Gasteiger charge is -2.14. The zero-order valence-electron chi connectivity index (χ0n) is 13.8. The molecule has 0 radical (unpaired) electrons. The minimum Gasteiger partial charge on any atom is -0.479 e. The number of halogens is 1. The van der Waals surface area contributed by atoms with Crippen LogP contribution in [-0.2, 0) is 14.3 Å². The maximum atomic E-state index is 12.8. The Morgan fingerprint density at radius 2 is 1.75 bits per heavy atom. The molecule has 1 aromatic rings. The molecule has 24 heavy (non-hydrogen) atoms. The fraction of sp³-hybridized carbons (Fsp3) is 0.438. The van der Waals surface area contributed by atoms with Gasteiger partial charge in [0.15, 0.2) is 12.7 Å². The molecule has 0 saturated carbocycles. The number of urea groups is 1. The summed E-state index contributed by atoms with van der Waals surface area (Å²) in [5.74, 6) is -1.42. The molecule has 2 N–H and O–H groups in total. The molecule has 0 aliphatic carbocycles. The lowest BCUT2D eigenvalue weighted by molar-refractivity contribution is -0.154. The number of imide groups is 1. The summed E-state index contributed by atoms with van der Waals surface area (Å²) >= 11 is 0. The van der Waals surface area contributed by atoms with Crippen LogP contribution in [0.15, 0.2) is 24.3 Å². The number of carbonyl (C=O) groups is 3. The minimum absolute atomic E-state index is 0.244. The van der Waals surface area contributed by atoms with Crippen molar-refractivity contribution in [3.63, 3.8) is 0 Å². The summed E-state index contributed by atoms with van der Waals surface area (Å²) in [6.45, 7) is 5.06. The zero-order chi connectivity index (χ0) is 18.1. The highest BCUT2D eigenvalue weighted by atomic mass is 19.1. The minimum atomic E-state index is -0.988. The van der Waals surface area contributed by atoms with Gasteiger partial charge in [-0.15, -0.1) is 0 Å². The van der Waals surface area contributed by atoms with Crippen molar-refractivity contribution in [1.29, 1.82) is 0 Å². The van der Waals surface area contributed by atoms with Gasteiger partial charge in [0.1, 0.15) is 11.6 Å². The third kappa shape index (κ3) is 7.57. The first-order valence-electron chi connectivity index (χ1n) is 7.44. The maximum Gasteiger partial charge on any atom is 0.347 e. The van der Waals surface area contributed by atoms with E-state index in [4.69, 9.17) is 9.47 Å². The molecule has 7 nitrogen and oxygen atoms in total. The number of hydrogen-bond donors (Lipinski definition) is 2. The van der Waals surface area contributed by atoms with E-state index < -0.39 is 36.4 Å². The van der Waals surface area contributed by atoms with E-state index in [0.29, 0.717) is 12.3 Å². The zero-order valence-corrected chi connectivity index (χ0v) is 13.8. The van der Waals surface area contributed by atoms with Gasteiger partial charge in [-0.3, -0.25) is 10.1 Å². The molecule has 3 amide bonds. The molecular weight excluding hydrogens is 319 g/mol. The summed E-state index contributed by atoms with van der Waals surface area (Å²) in [7, 11) is 0. The van der Waals surface area contributed by atoms with Crippen molar-refractivity contribution in [2.24, 2.45) is 5.92 Å². The number of hydrogen-bond acceptors (Lipinski definition) is 5. The summed E-state index contributed by atoms with van der Waals surface area (Å²) in [5.41, 5.74) is 0. The second-order valence-corrected chi connectivity index (χ2v) is 5.47. The predicted molar refractivity (Wildman–Crippen MR) is 83.8 cm³/mol.